The van der Waals surface area contributed by atoms with E-state index >= 15 is 0 Å². The van der Waals surface area contributed by atoms with Crippen LogP contribution in [0.4, 0.5) is 0 Å². The third-order valence-corrected chi connectivity index (χ3v) is 4.88. The van der Waals surface area contributed by atoms with Crippen LogP contribution in [0.15, 0.2) is 24.3 Å². The number of ether oxygens (including phenoxy) is 2. The number of rotatable bonds is 3. The molecule has 2 aliphatic rings. The summed E-state index contributed by atoms with van der Waals surface area (Å²) in [5.74, 6) is 1.04. The van der Waals surface area contributed by atoms with Gasteiger partial charge in [0.15, 0.2) is 0 Å². The molecule has 2 saturated heterocycles. The third kappa shape index (κ3) is 3.85. The summed E-state index contributed by atoms with van der Waals surface area (Å²) in [6, 6.07) is 8.24. The minimum atomic E-state index is -0.186. The molecule has 0 aliphatic carbocycles. The van der Waals surface area contributed by atoms with Crippen LogP contribution < -0.4 is 4.74 Å². The second kappa shape index (κ2) is 6.89. The van der Waals surface area contributed by atoms with E-state index in [0.29, 0.717) is 0 Å². The summed E-state index contributed by atoms with van der Waals surface area (Å²) in [6.45, 7) is 6.71. The van der Waals surface area contributed by atoms with Crippen molar-refractivity contribution in [3.8, 4) is 5.75 Å². The van der Waals surface area contributed by atoms with Crippen molar-refractivity contribution >= 4 is 5.91 Å². The molecule has 1 spiro atoms. The maximum Gasteiger partial charge on any atom is 0.219 e. The molecule has 5 nitrogen and oxygen atoms in total. The van der Waals surface area contributed by atoms with Crippen LogP contribution in [0.5, 0.6) is 5.75 Å². The lowest BCUT2D eigenvalue weighted by molar-refractivity contribution is -0.156. The van der Waals surface area contributed by atoms with Crippen LogP contribution in [0.1, 0.15) is 25.3 Å². The maximum atomic E-state index is 11.7. The van der Waals surface area contributed by atoms with Crippen molar-refractivity contribution in [2.45, 2.75) is 31.9 Å². The van der Waals surface area contributed by atoms with E-state index in [1.807, 2.05) is 17.0 Å². The predicted octanol–water partition coefficient (Wildman–Crippen LogP) is 1.91. The Hall–Kier alpha value is -1.59. The molecule has 0 saturated carbocycles. The van der Waals surface area contributed by atoms with Gasteiger partial charge in [0.25, 0.3) is 0 Å². The standard InChI is InChI=1S/C18H26N2O3/c1-15(21)20-9-3-8-18(14-20)13-19(10-11-23-18)12-16-4-6-17(22-2)7-5-16/h4-7H,3,8-14H2,1-2H3/t18-/m0/s1. The van der Waals surface area contributed by atoms with Crippen molar-refractivity contribution in [2.75, 3.05) is 39.9 Å². The van der Waals surface area contributed by atoms with E-state index in [-0.39, 0.29) is 11.5 Å². The van der Waals surface area contributed by atoms with Gasteiger partial charge in [-0.2, -0.15) is 0 Å². The van der Waals surface area contributed by atoms with Gasteiger partial charge >= 0.3 is 0 Å². The molecule has 2 fully saturated rings. The number of carbonyl (C=O) groups excluding carboxylic acids is 1. The van der Waals surface area contributed by atoms with Crippen LogP contribution in [0, 0.1) is 0 Å². The average Bonchev–Trinajstić information content (AvgIpc) is 2.56. The topological polar surface area (TPSA) is 42.0 Å². The molecule has 3 rings (SSSR count). The van der Waals surface area contributed by atoms with Crippen LogP contribution in [0.2, 0.25) is 0 Å². The second-order valence-corrected chi connectivity index (χ2v) is 6.63. The van der Waals surface area contributed by atoms with Gasteiger partial charge in [0, 0.05) is 33.1 Å². The Morgan fingerprint density at radius 1 is 1.26 bits per heavy atom. The fourth-order valence-electron chi connectivity index (χ4n) is 3.66. The van der Waals surface area contributed by atoms with Crippen molar-refractivity contribution < 1.29 is 14.3 Å². The number of hydrogen-bond donors (Lipinski definition) is 0. The van der Waals surface area contributed by atoms with Crippen LogP contribution in [0.25, 0.3) is 0 Å². The lowest BCUT2D eigenvalue weighted by atomic mass is 9.90. The highest BCUT2D eigenvalue weighted by Crippen LogP contribution is 2.29. The largest absolute Gasteiger partial charge is 0.497 e. The Bertz CT molecular complexity index is 542. The van der Waals surface area contributed by atoms with Crippen LogP contribution in [-0.4, -0.2) is 61.2 Å². The summed E-state index contributed by atoms with van der Waals surface area (Å²) in [7, 11) is 1.69. The van der Waals surface area contributed by atoms with Gasteiger partial charge in [-0.05, 0) is 30.5 Å². The van der Waals surface area contributed by atoms with Crippen molar-refractivity contribution in [1.29, 1.82) is 0 Å². The van der Waals surface area contributed by atoms with Crippen molar-refractivity contribution in [3.05, 3.63) is 29.8 Å². The number of likely N-dealkylation sites (tertiary alicyclic amines) is 1. The van der Waals surface area contributed by atoms with Crippen LogP contribution >= 0.6 is 0 Å². The second-order valence-electron chi connectivity index (χ2n) is 6.63. The summed E-state index contributed by atoms with van der Waals surface area (Å²) >= 11 is 0. The molecule has 0 bridgehead atoms. The van der Waals surface area contributed by atoms with Crippen molar-refractivity contribution in [2.24, 2.45) is 0 Å². The normalized spacial score (nSPS) is 25.6. The van der Waals surface area contributed by atoms with Gasteiger partial charge in [-0.3, -0.25) is 9.69 Å². The van der Waals surface area contributed by atoms with E-state index in [0.717, 1.165) is 57.9 Å². The quantitative estimate of drug-likeness (QED) is 0.854. The van der Waals surface area contributed by atoms with Gasteiger partial charge in [-0.15, -0.1) is 0 Å². The van der Waals surface area contributed by atoms with Crippen LogP contribution in [-0.2, 0) is 16.1 Å². The molecule has 0 N–H and O–H groups in total. The molecule has 0 unspecified atom stereocenters. The Kier molecular flexibility index (Phi) is 4.87. The molecule has 2 heterocycles. The Morgan fingerprint density at radius 3 is 2.74 bits per heavy atom. The van der Waals surface area contributed by atoms with E-state index < -0.39 is 0 Å². The first-order chi connectivity index (χ1) is 11.1. The summed E-state index contributed by atoms with van der Waals surface area (Å²) in [5.41, 5.74) is 1.09. The lowest BCUT2D eigenvalue weighted by Crippen LogP contribution is -2.60. The number of benzene rings is 1. The zero-order valence-corrected chi connectivity index (χ0v) is 14.1. The van der Waals surface area contributed by atoms with E-state index in [1.54, 1.807) is 14.0 Å². The Morgan fingerprint density at radius 2 is 2.04 bits per heavy atom. The summed E-state index contributed by atoms with van der Waals surface area (Å²) in [4.78, 5) is 16.1. The van der Waals surface area contributed by atoms with E-state index in [9.17, 15) is 4.79 Å². The SMILES string of the molecule is COc1ccc(CN2CCO[C@@]3(CCCN(C(C)=O)C3)C2)cc1. The molecule has 1 amide bonds. The monoisotopic (exact) mass is 318 g/mol. The van der Waals surface area contributed by atoms with Gasteiger partial charge < -0.3 is 14.4 Å². The zero-order valence-electron chi connectivity index (χ0n) is 14.1. The number of methoxy groups -OCH3 is 1. The maximum absolute atomic E-state index is 11.7. The summed E-state index contributed by atoms with van der Waals surface area (Å²) < 4.78 is 11.3. The zero-order chi connectivity index (χ0) is 16.3. The van der Waals surface area contributed by atoms with Gasteiger partial charge in [0.05, 0.1) is 25.9 Å². The third-order valence-electron chi connectivity index (χ3n) is 4.88. The molecule has 1 atom stereocenters. The minimum Gasteiger partial charge on any atom is -0.497 e. The van der Waals surface area contributed by atoms with Crippen LogP contribution in [0.3, 0.4) is 0 Å². The first kappa shape index (κ1) is 16.3. The first-order valence-corrected chi connectivity index (χ1v) is 8.35. The van der Waals surface area contributed by atoms with E-state index in [4.69, 9.17) is 9.47 Å². The molecule has 23 heavy (non-hydrogen) atoms. The number of nitrogens with zero attached hydrogens (tertiary/aromatic N) is 2. The summed E-state index contributed by atoms with van der Waals surface area (Å²) in [5, 5.41) is 0. The van der Waals surface area contributed by atoms with Gasteiger partial charge in [0.1, 0.15) is 5.75 Å². The minimum absolute atomic E-state index is 0.153. The van der Waals surface area contributed by atoms with Gasteiger partial charge in [-0.1, -0.05) is 12.1 Å². The highest BCUT2D eigenvalue weighted by molar-refractivity contribution is 5.73. The van der Waals surface area contributed by atoms with Gasteiger partial charge in [0.2, 0.25) is 5.91 Å². The Balaban J connectivity index is 1.64. The fraction of sp³-hybridized carbons (Fsp3) is 0.611. The molecule has 0 aromatic heterocycles. The van der Waals surface area contributed by atoms with Crippen molar-refractivity contribution in [3.63, 3.8) is 0 Å². The highest BCUT2D eigenvalue weighted by atomic mass is 16.5. The fourth-order valence-corrected chi connectivity index (χ4v) is 3.66. The molecule has 126 valence electrons. The lowest BCUT2D eigenvalue weighted by Gasteiger charge is -2.48. The highest BCUT2D eigenvalue weighted by Gasteiger charge is 2.41. The van der Waals surface area contributed by atoms with E-state index in [2.05, 4.69) is 17.0 Å². The predicted molar refractivity (Wildman–Crippen MR) is 88.4 cm³/mol. The molecular formula is C18H26N2O3. The number of amides is 1. The van der Waals surface area contributed by atoms with E-state index in [1.165, 1.54) is 5.56 Å². The molecule has 0 radical (unpaired) electrons. The Labute approximate surface area is 138 Å². The molecule has 2 aliphatic heterocycles. The molecule has 1 aromatic carbocycles. The molecular weight excluding hydrogens is 292 g/mol. The average molecular weight is 318 g/mol. The number of hydrogen-bond acceptors (Lipinski definition) is 4. The first-order valence-electron chi connectivity index (χ1n) is 8.35. The number of morpholine rings is 1. The van der Waals surface area contributed by atoms with Crippen molar-refractivity contribution in [1.82, 2.24) is 9.80 Å². The van der Waals surface area contributed by atoms with Gasteiger partial charge in [-0.25, -0.2) is 0 Å². The smallest absolute Gasteiger partial charge is 0.219 e. The molecule has 5 heteroatoms. The number of carbonyl (C=O) groups is 1. The molecule has 1 aromatic rings. The number of piperidine rings is 1. The summed E-state index contributed by atoms with van der Waals surface area (Å²) in [6.07, 6.45) is 2.06.